The molecule has 12 nitrogen and oxygen atoms in total. The molecule has 1 N–H and O–H groups in total. The average Bonchev–Trinajstić information content (AvgIpc) is 3.55. The van der Waals surface area contributed by atoms with Gasteiger partial charge in [0.1, 0.15) is 17.1 Å². The summed E-state index contributed by atoms with van der Waals surface area (Å²) in [7, 11) is -0.743. The van der Waals surface area contributed by atoms with Crippen molar-refractivity contribution in [3.05, 3.63) is 111 Å². The molecule has 0 aliphatic rings. The number of hydrogen-bond acceptors (Lipinski definition) is 10. The number of aromatic nitrogens is 4. The number of nitrogens with one attached hydrogen (secondary N) is 1. The maximum atomic E-state index is 14.3. The number of methoxy groups -OCH3 is 2. The number of anilines is 1. The molecule has 4 aromatic carbocycles. The van der Waals surface area contributed by atoms with E-state index in [9.17, 15) is 13.2 Å². The van der Waals surface area contributed by atoms with Gasteiger partial charge in [0, 0.05) is 40.0 Å². The second kappa shape index (κ2) is 16.8. The molecule has 1 heterocycles. The molecule has 1 aromatic heterocycles. The first-order chi connectivity index (χ1) is 24.8. The van der Waals surface area contributed by atoms with Gasteiger partial charge in [0.2, 0.25) is 0 Å². The molecule has 0 aliphatic heterocycles. The number of ether oxygens (including phenoxy) is 3. The van der Waals surface area contributed by atoms with E-state index >= 15 is 0 Å². The standard InChI is InChI=1S/C38H43IN6O6S/c1-26-7-9-28(10-8-26)24-45-36(41-42-43-45)35-32(34(20-19-33(35)39)52(47,48)22-21-40-37(46)51-38(2,3)4)25-44(29-13-17-31(50-6)18-14-29)23-27-11-15-30(49-5)16-12-27/h7-20H,21-25H2,1-6H3,(H,40,46). The zero-order valence-corrected chi connectivity index (χ0v) is 33.1. The first-order valence-electron chi connectivity index (χ1n) is 16.6. The fourth-order valence-corrected chi connectivity index (χ4v) is 7.69. The summed E-state index contributed by atoms with van der Waals surface area (Å²) >= 11 is 2.21. The predicted molar refractivity (Wildman–Crippen MR) is 208 cm³/mol. The van der Waals surface area contributed by atoms with Crippen molar-refractivity contribution in [2.45, 2.75) is 57.8 Å². The van der Waals surface area contributed by atoms with Gasteiger partial charge >= 0.3 is 6.09 Å². The molecule has 274 valence electrons. The van der Waals surface area contributed by atoms with E-state index in [1.54, 1.807) is 51.8 Å². The highest BCUT2D eigenvalue weighted by molar-refractivity contribution is 14.1. The van der Waals surface area contributed by atoms with Gasteiger partial charge in [-0.2, -0.15) is 0 Å². The van der Waals surface area contributed by atoms with Crippen LogP contribution in [0.4, 0.5) is 10.5 Å². The van der Waals surface area contributed by atoms with Crippen LogP contribution in [0.5, 0.6) is 11.5 Å². The van der Waals surface area contributed by atoms with Crippen molar-refractivity contribution in [1.82, 2.24) is 25.5 Å². The molecule has 0 fully saturated rings. The lowest BCUT2D eigenvalue weighted by molar-refractivity contribution is 0.0531. The highest BCUT2D eigenvalue weighted by atomic mass is 127. The van der Waals surface area contributed by atoms with Crippen LogP contribution in [0.1, 0.15) is 43.0 Å². The molecule has 0 radical (unpaired) electrons. The highest BCUT2D eigenvalue weighted by Crippen LogP contribution is 2.36. The van der Waals surface area contributed by atoms with Crippen LogP contribution in [-0.2, 0) is 34.2 Å². The summed E-state index contributed by atoms with van der Waals surface area (Å²) in [4.78, 5) is 14.6. The maximum absolute atomic E-state index is 14.3. The van der Waals surface area contributed by atoms with E-state index in [-0.39, 0.29) is 23.7 Å². The molecule has 0 unspecified atom stereocenters. The zero-order chi connectivity index (χ0) is 37.5. The van der Waals surface area contributed by atoms with Crippen molar-refractivity contribution in [3.8, 4) is 22.9 Å². The molecule has 1 amide bonds. The minimum absolute atomic E-state index is 0.118. The van der Waals surface area contributed by atoms with Gasteiger partial charge in [-0.1, -0.05) is 42.0 Å². The number of carbonyl (C=O) groups is 1. The summed E-state index contributed by atoms with van der Waals surface area (Å²) in [5.74, 6) is 1.50. The van der Waals surface area contributed by atoms with E-state index in [0.717, 1.165) is 31.7 Å². The van der Waals surface area contributed by atoms with E-state index in [1.807, 2.05) is 79.7 Å². The van der Waals surface area contributed by atoms with Gasteiger partial charge in [-0.05, 0) is 120 Å². The number of carbonyl (C=O) groups excluding carboxylic acids is 1. The van der Waals surface area contributed by atoms with Crippen LogP contribution in [-0.4, -0.2) is 66.8 Å². The van der Waals surface area contributed by atoms with Crippen LogP contribution in [0.2, 0.25) is 0 Å². The van der Waals surface area contributed by atoms with Crippen LogP contribution in [0, 0.1) is 10.5 Å². The lowest BCUT2D eigenvalue weighted by Gasteiger charge is -2.28. The summed E-state index contributed by atoms with van der Waals surface area (Å²) in [5, 5.41) is 15.4. The van der Waals surface area contributed by atoms with E-state index < -0.39 is 21.5 Å². The highest BCUT2D eigenvalue weighted by Gasteiger charge is 2.28. The molecule has 5 rings (SSSR count). The van der Waals surface area contributed by atoms with Crippen molar-refractivity contribution in [3.63, 3.8) is 0 Å². The summed E-state index contributed by atoms with van der Waals surface area (Å²) in [6, 6.07) is 26.8. The van der Waals surface area contributed by atoms with E-state index in [0.29, 0.717) is 35.8 Å². The van der Waals surface area contributed by atoms with Crippen molar-refractivity contribution < 1.29 is 27.4 Å². The molecule has 0 spiro atoms. The third-order valence-corrected chi connectivity index (χ3v) is 10.8. The average molecular weight is 839 g/mol. The molecule has 0 aliphatic carbocycles. The van der Waals surface area contributed by atoms with Gasteiger partial charge < -0.3 is 24.4 Å². The van der Waals surface area contributed by atoms with Crippen LogP contribution in [0.25, 0.3) is 11.4 Å². The quantitative estimate of drug-likeness (QED) is 0.119. The maximum Gasteiger partial charge on any atom is 0.407 e. The summed E-state index contributed by atoms with van der Waals surface area (Å²) < 4.78 is 47.2. The molecule has 14 heteroatoms. The molecule has 0 atom stereocenters. The van der Waals surface area contributed by atoms with Gasteiger partial charge in [-0.3, -0.25) is 0 Å². The van der Waals surface area contributed by atoms with Crippen molar-refractivity contribution >= 4 is 44.2 Å². The number of hydrogen-bond donors (Lipinski definition) is 1. The van der Waals surface area contributed by atoms with Crippen LogP contribution < -0.4 is 19.7 Å². The van der Waals surface area contributed by atoms with Gasteiger partial charge in [0.25, 0.3) is 0 Å². The van der Waals surface area contributed by atoms with Crippen LogP contribution in [0.3, 0.4) is 0 Å². The monoisotopic (exact) mass is 838 g/mol. The Bertz CT molecular complexity index is 2080. The lowest BCUT2D eigenvalue weighted by Crippen LogP contribution is -2.35. The minimum Gasteiger partial charge on any atom is -0.497 e. The number of halogens is 1. The van der Waals surface area contributed by atoms with Crippen molar-refractivity contribution in [2.75, 3.05) is 31.4 Å². The summed E-state index contributed by atoms with van der Waals surface area (Å²) in [6.07, 6.45) is -0.688. The molecule has 0 bridgehead atoms. The fourth-order valence-electron chi connectivity index (χ4n) is 5.53. The van der Waals surface area contributed by atoms with E-state index in [4.69, 9.17) is 14.2 Å². The van der Waals surface area contributed by atoms with Gasteiger partial charge in [-0.25, -0.2) is 17.9 Å². The second-order valence-electron chi connectivity index (χ2n) is 13.2. The Labute approximate surface area is 318 Å². The Morgan fingerprint density at radius 2 is 1.48 bits per heavy atom. The number of nitrogens with zero attached hydrogens (tertiary/aromatic N) is 5. The lowest BCUT2D eigenvalue weighted by atomic mass is 10.0. The van der Waals surface area contributed by atoms with Crippen molar-refractivity contribution in [2.24, 2.45) is 0 Å². The molecule has 52 heavy (non-hydrogen) atoms. The normalized spacial score (nSPS) is 11.6. The number of alkyl carbamates (subject to hydrolysis) is 1. The van der Waals surface area contributed by atoms with Gasteiger partial charge in [0.15, 0.2) is 15.7 Å². The van der Waals surface area contributed by atoms with Gasteiger partial charge in [0.05, 0.1) is 31.4 Å². The van der Waals surface area contributed by atoms with Crippen molar-refractivity contribution in [1.29, 1.82) is 0 Å². The second-order valence-corrected chi connectivity index (χ2v) is 16.4. The molecule has 0 saturated carbocycles. The Kier molecular flexibility index (Phi) is 12.4. The summed E-state index contributed by atoms with van der Waals surface area (Å²) in [5.41, 5.74) is 4.35. The SMILES string of the molecule is COc1ccc(CN(Cc2c(S(=O)(=O)CCNC(=O)OC(C)(C)C)ccc(I)c2-c2nnnn2Cc2ccc(C)cc2)c2ccc(OC)cc2)cc1. The van der Waals surface area contributed by atoms with Gasteiger partial charge in [-0.15, -0.1) is 5.10 Å². The third kappa shape index (κ3) is 10.00. The first-order valence-corrected chi connectivity index (χ1v) is 19.3. The third-order valence-electron chi connectivity index (χ3n) is 8.12. The number of tetrazole rings is 1. The Balaban J connectivity index is 1.62. The first kappa shape index (κ1) is 38.5. The Morgan fingerprint density at radius 1 is 0.865 bits per heavy atom. The predicted octanol–water partition coefficient (Wildman–Crippen LogP) is 6.82. The zero-order valence-electron chi connectivity index (χ0n) is 30.1. The van der Waals surface area contributed by atoms with E-state index in [2.05, 4.69) is 48.3 Å². The fraction of sp³-hybridized carbons (Fsp3) is 0.316. The van der Waals surface area contributed by atoms with Crippen LogP contribution >= 0.6 is 22.6 Å². The molecular weight excluding hydrogens is 795 g/mol. The largest absolute Gasteiger partial charge is 0.497 e. The number of aryl methyl sites for hydroxylation is 1. The Morgan fingerprint density at radius 3 is 2.10 bits per heavy atom. The topological polar surface area (TPSA) is 138 Å². The Hall–Kier alpha value is -4.70. The molecular formula is C38H43IN6O6S. The molecule has 5 aromatic rings. The van der Waals surface area contributed by atoms with Crippen LogP contribution in [0.15, 0.2) is 89.8 Å². The number of rotatable bonds is 14. The number of amides is 1. The number of sulfone groups is 1. The minimum atomic E-state index is -3.97. The number of benzene rings is 4. The summed E-state index contributed by atoms with van der Waals surface area (Å²) in [6.45, 7) is 8.11. The molecule has 0 saturated heterocycles. The van der Waals surface area contributed by atoms with E-state index in [1.165, 1.54) is 0 Å². The smallest absolute Gasteiger partial charge is 0.407 e.